The highest BCUT2D eigenvalue weighted by molar-refractivity contribution is 5.41. The van der Waals surface area contributed by atoms with Gasteiger partial charge in [-0.2, -0.15) is 0 Å². The minimum atomic E-state index is -0.517. The highest BCUT2D eigenvalue weighted by Gasteiger charge is 2.30. The standard InChI is InChI=1S/C15H20O3/c1-9-3-5-14(17-9)15(16)11-4-6-13-12(8-11)7-10(2)18-13/h4,6,8-10,14-16H,3,5,7H2,1-2H3. The Bertz CT molecular complexity index is 443. The molecule has 1 N–H and O–H groups in total. The molecule has 0 bridgehead atoms. The summed E-state index contributed by atoms with van der Waals surface area (Å²) < 4.78 is 11.4. The molecule has 1 aromatic rings. The molecule has 3 nitrogen and oxygen atoms in total. The van der Waals surface area contributed by atoms with Crippen LogP contribution in [0.25, 0.3) is 0 Å². The van der Waals surface area contributed by atoms with Crippen molar-refractivity contribution in [2.75, 3.05) is 0 Å². The molecule has 4 unspecified atom stereocenters. The second kappa shape index (κ2) is 4.56. The second-order valence-corrected chi connectivity index (χ2v) is 5.51. The van der Waals surface area contributed by atoms with Gasteiger partial charge in [0.2, 0.25) is 0 Å². The molecule has 2 aliphatic heterocycles. The first kappa shape index (κ1) is 12.0. The molecule has 0 amide bonds. The fourth-order valence-corrected chi connectivity index (χ4v) is 2.91. The number of aliphatic hydroxyl groups excluding tert-OH is 1. The summed E-state index contributed by atoms with van der Waals surface area (Å²) in [6.45, 7) is 4.13. The Balaban J connectivity index is 1.79. The predicted molar refractivity (Wildman–Crippen MR) is 68.8 cm³/mol. The molecule has 18 heavy (non-hydrogen) atoms. The van der Waals surface area contributed by atoms with Gasteiger partial charge in [-0.3, -0.25) is 0 Å². The lowest BCUT2D eigenvalue weighted by molar-refractivity contribution is -0.0297. The van der Waals surface area contributed by atoms with Crippen molar-refractivity contribution in [2.45, 2.75) is 57.5 Å². The topological polar surface area (TPSA) is 38.7 Å². The monoisotopic (exact) mass is 248 g/mol. The molecule has 3 rings (SSSR count). The smallest absolute Gasteiger partial charge is 0.123 e. The van der Waals surface area contributed by atoms with Crippen LogP contribution in [0.2, 0.25) is 0 Å². The molecule has 0 aromatic heterocycles. The zero-order chi connectivity index (χ0) is 12.7. The second-order valence-electron chi connectivity index (χ2n) is 5.51. The van der Waals surface area contributed by atoms with Crippen molar-refractivity contribution in [3.63, 3.8) is 0 Å². The summed E-state index contributed by atoms with van der Waals surface area (Å²) in [5.74, 6) is 0.958. The van der Waals surface area contributed by atoms with Crippen molar-refractivity contribution in [2.24, 2.45) is 0 Å². The maximum absolute atomic E-state index is 10.4. The SMILES string of the molecule is CC1Cc2cc(C(O)C3CCC(C)O3)ccc2O1. The maximum atomic E-state index is 10.4. The number of aliphatic hydroxyl groups is 1. The van der Waals surface area contributed by atoms with E-state index in [0.29, 0.717) is 0 Å². The summed E-state index contributed by atoms with van der Waals surface area (Å²) in [6.07, 6.45) is 2.84. The van der Waals surface area contributed by atoms with Crippen LogP contribution in [0.5, 0.6) is 5.75 Å². The average Bonchev–Trinajstić information content (AvgIpc) is 2.92. The number of hydrogen-bond donors (Lipinski definition) is 1. The first-order chi connectivity index (χ1) is 8.63. The molecule has 0 saturated carbocycles. The van der Waals surface area contributed by atoms with Gasteiger partial charge in [-0.05, 0) is 49.9 Å². The van der Waals surface area contributed by atoms with Crippen LogP contribution in [-0.2, 0) is 11.2 Å². The van der Waals surface area contributed by atoms with Crippen molar-refractivity contribution in [3.8, 4) is 5.75 Å². The Kier molecular flexibility index (Phi) is 3.04. The number of ether oxygens (including phenoxy) is 2. The first-order valence-electron chi connectivity index (χ1n) is 6.76. The minimum absolute atomic E-state index is 0.0576. The van der Waals surface area contributed by atoms with E-state index in [1.54, 1.807) is 0 Å². The number of fused-ring (bicyclic) bond motifs is 1. The molecule has 0 spiro atoms. The lowest BCUT2D eigenvalue weighted by Crippen LogP contribution is -2.18. The van der Waals surface area contributed by atoms with Crippen molar-refractivity contribution in [1.82, 2.24) is 0 Å². The Morgan fingerprint density at radius 2 is 2.06 bits per heavy atom. The molecular formula is C15H20O3. The van der Waals surface area contributed by atoms with Gasteiger partial charge in [-0.25, -0.2) is 0 Å². The number of benzene rings is 1. The summed E-state index contributed by atoms with van der Waals surface area (Å²) in [5.41, 5.74) is 2.15. The third-order valence-corrected chi connectivity index (χ3v) is 3.88. The summed E-state index contributed by atoms with van der Waals surface area (Å²) >= 11 is 0. The van der Waals surface area contributed by atoms with Crippen molar-refractivity contribution < 1.29 is 14.6 Å². The highest BCUT2D eigenvalue weighted by atomic mass is 16.5. The van der Waals surface area contributed by atoms with Crippen molar-refractivity contribution >= 4 is 0 Å². The third-order valence-electron chi connectivity index (χ3n) is 3.88. The maximum Gasteiger partial charge on any atom is 0.123 e. The van der Waals surface area contributed by atoms with Crippen LogP contribution in [0.3, 0.4) is 0 Å². The van der Waals surface area contributed by atoms with E-state index < -0.39 is 6.10 Å². The summed E-state index contributed by atoms with van der Waals surface area (Å²) in [5, 5.41) is 10.4. The van der Waals surface area contributed by atoms with Crippen LogP contribution in [0.15, 0.2) is 18.2 Å². The van der Waals surface area contributed by atoms with Gasteiger partial charge in [0.1, 0.15) is 18.0 Å². The van der Waals surface area contributed by atoms with E-state index in [1.807, 2.05) is 12.1 Å². The normalized spacial score (nSPS) is 32.1. The largest absolute Gasteiger partial charge is 0.490 e. The Labute approximate surface area is 108 Å². The van der Waals surface area contributed by atoms with E-state index >= 15 is 0 Å². The minimum Gasteiger partial charge on any atom is -0.490 e. The zero-order valence-electron chi connectivity index (χ0n) is 10.9. The fourth-order valence-electron chi connectivity index (χ4n) is 2.91. The van der Waals surface area contributed by atoms with E-state index in [1.165, 1.54) is 5.56 Å². The summed E-state index contributed by atoms with van der Waals surface area (Å²) in [7, 11) is 0. The molecule has 4 atom stereocenters. The highest BCUT2D eigenvalue weighted by Crippen LogP contribution is 2.34. The molecule has 0 aliphatic carbocycles. The molecule has 1 fully saturated rings. The number of hydrogen-bond acceptors (Lipinski definition) is 3. The van der Waals surface area contributed by atoms with Crippen LogP contribution in [0.4, 0.5) is 0 Å². The fraction of sp³-hybridized carbons (Fsp3) is 0.600. The Morgan fingerprint density at radius 1 is 1.22 bits per heavy atom. The first-order valence-corrected chi connectivity index (χ1v) is 6.76. The molecule has 98 valence electrons. The van der Waals surface area contributed by atoms with E-state index in [0.717, 1.165) is 30.6 Å². The lowest BCUT2D eigenvalue weighted by Gasteiger charge is -2.19. The molecule has 3 heteroatoms. The van der Waals surface area contributed by atoms with Crippen LogP contribution >= 0.6 is 0 Å². The van der Waals surface area contributed by atoms with Gasteiger partial charge in [-0.1, -0.05) is 6.07 Å². The quantitative estimate of drug-likeness (QED) is 0.874. The number of rotatable bonds is 2. The van der Waals surface area contributed by atoms with E-state index in [9.17, 15) is 5.11 Å². The van der Waals surface area contributed by atoms with Crippen LogP contribution in [0.1, 0.15) is 43.9 Å². The molecular weight excluding hydrogens is 228 g/mol. The van der Waals surface area contributed by atoms with Crippen molar-refractivity contribution in [1.29, 1.82) is 0 Å². The van der Waals surface area contributed by atoms with Gasteiger partial charge >= 0.3 is 0 Å². The molecule has 2 aliphatic rings. The van der Waals surface area contributed by atoms with Gasteiger partial charge in [0.05, 0.1) is 12.2 Å². The predicted octanol–water partition coefficient (Wildman–Crippen LogP) is 2.61. The zero-order valence-corrected chi connectivity index (χ0v) is 10.9. The Hall–Kier alpha value is -1.06. The van der Waals surface area contributed by atoms with Crippen LogP contribution in [-0.4, -0.2) is 23.4 Å². The Morgan fingerprint density at radius 3 is 2.78 bits per heavy atom. The third kappa shape index (κ3) is 2.13. The van der Waals surface area contributed by atoms with Gasteiger partial charge in [0, 0.05) is 6.42 Å². The van der Waals surface area contributed by atoms with Crippen LogP contribution in [0, 0.1) is 0 Å². The molecule has 1 aromatic carbocycles. The van der Waals surface area contributed by atoms with Gasteiger partial charge < -0.3 is 14.6 Å². The van der Waals surface area contributed by atoms with Crippen LogP contribution < -0.4 is 4.74 Å². The molecule has 0 radical (unpaired) electrons. The molecule has 2 heterocycles. The van der Waals surface area contributed by atoms with Crippen molar-refractivity contribution in [3.05, 3.63) is 29.3 Å². The van der Waals surface area contributed by atoms with Gasteiger partial charge in [-0.15, -0.1) is 0 Å². The van der Waals surface area contributed by atoms with E-state index in [-0.39, 0.29) is 18.3 Å². The molecule has 1 saturated heterocycles. The van der Waals surface area contributed by atoms with E-state index in [4.69, 9.17) is 9.47 Å². The lowest BCUT2D eigenvalue weighted by atomic mass is 9.99. The average molecular weight is 248 g/mol. The van der Waals surface area contributed by atoms with Gasteiger partial charge in [0.25, 0.3) is 0 Å². The summed E-state index contributed by atoms with van der Waals surface area (Å²) in [6, 6.07) is 5.99. The van der Waals surface area contributed by atoms with Gasteiger partial charge in [0.15, 0.2) is 0 Å². The van der Waals surface area contributed by atoms with E-state index in [2.05, 4.69) is 19.9 Å². The summed E-state index contributed by atoms with van der Waals surface area (Å²) in [4.78, 5) is 0.